The standard InChI is InChI=1S/C10H6Cl2N6/c11-7(12)9-14-8(6-4-2-1-3-5-6)15-10(16-9)17-18-13/h1-5,7H. The van der Waals surface area contributed by atoms with E-state index in [2.05, 4.69) is 25.0 Å². The summed E-state index contributed by atoms with van der Waals surface area (Å²) in [6, 6.07) is 9.18. The zero-order valence-electron chi connectivity index (χ0n) is 8.90. The lowest BCUT2D eigenvalue weighted by Crippen LogP contribution is -1.99. The molecule has 90 valence electrons. The van der Waals surface area contributed by atoms with Gasteiger partial charge in [-0.1, -0.05) is 53.5 Å². The molecule has 1 aromatic heterocycles. The Balaban J connectivity index is 2.57. The van der Waals surface area contributed by atoms with Crippen LogP contribution in [0.3, 0.4) is 0 Å². The molecule has 18 heavy (non-hydrogen) atoms. The summed E-state index contributed by atoms with van der Waals surface area (Å²) in [6.07, 6.45) is 0. The van der Waals surface area contributed by atoms with Gasteiger partial charge in [0.25, 0.3) is 0 Å². The molecule has 0 radical (unpaired) electrons. The maximum absolute atomic E-state index is 8.40. The molecule has 2 aromatic rings. The van der Waals surface area contributed by atoms with Gasteiger partial charge in [-0.15, -0.1) is 0 Å². The van der Waals surface area contributed by atoms with E-state index in [-0.39, 0.29) is 11.8 Å². The lowest BCUT2D eigenvalue weighted by Gasteiger charge is -2.04. The third kappa shape index (κ3) is 2.87. The lowest BCUT2D eigenvalue weighted by atomic mass is 10.2. The molecule has 0 fully saturated rings. The Bertz CT molecular complexity index is 595. The van der Waals surface area contributed by atoms with Gasteiger partial charge in [-0.05, 0) is 10.6 Å². The number of hydrogen-bond acceptors (Lipinski definition) is 4. The van der Waals surface area contributed by atoms with Gasteiger partial charge >= 0.3 is 0 Å². The summed E-state index contributed by atoms with van der Waals surface area (Å²) in [6.45, 7) is 0. The van der Waals surface area contributed by atoms with Gasteiger partial charge in [-0.2, -0.15) is 0 Å². The normalized spacial score (nSPS) is 10.2. The molecule has 8 heteroatoms. The summed E-state index contributed by atoms with van der Waals surface area (Å²) >= 11 is 11.4. The number of alkyl halides is 2. The Morgan fingerprint density at radius 3 is 2.44 bits per heavy atom. The van der Waals surface area contributed by atoms with E-state index in [0.717, 1.165) is 5.56 Å². The number of azide groups is 1. The molecular weight excluding hydrogens is 275 g/mol. The van der Waals surface area contributed by atoms with Crippen molar-refractivity contribution < 1.29 is 0 Å². The minimum atomic E-state index is -0.914. The number of hydrogen-bond donors (Lipinski definition) is 0. The van der Waals surface area contributed by atoms with Crippen molar-refractivity contribution in [3.8, 4) is 11.4 Å². The van der Waals surface area contributed by atoms with Crippen LogP contribution in [-0.2, 0) is 0 Å². The second-order valence-corrected chi connectivity index (χ2v) is 4.27. The van der Waals surface area contributed by atoms with Crippen molar-refractivity contribution in [3.05, 3.63) is 46.6 Å². The summed E-state index contributed by atoms with van der Waals surface area (Å²) in [4.78, 5) is 13.7. The molecule has 1 heterocycles. The van der Waals surface area contributed by atoms with E-state index in [9.17, 15) is 0 Å². The van der Waals surface area contributed by atoms with Crippen molar-refractivity contribution in [2.75, 3.05) is 0 Å². The minimum Gasteiger partial charge on any atom is -0.210 e. The highest BCUT2D eigenvalue weighted by Gasteiger charge is 2.12. The summed E-state index contributed by atoms with van der Waals surface area (Å²) in [5.74, 6) is 0.441. The Kier molecular flexibility index (Phi) is 3.94. The Labute approximate surface area is 112 Å². The summed E-state index contributed by atoms with van der Waals surface area (Å²) < 4.78 is 0. The highest BCUT2D eigenvalue weighted by Crippen LogP contribution is 2.25. The molecule has 0 saturated carbocycles. The minimum absolute atomic E-state index is 0.0624. The maximum Gasteiger partial charge on any atom is 0.220 e. The third-order valence-corrected chi connectivity index (χ3v) is 2.39. The molecule has 1 aromatic carbocycles. The van der Waals surface area contributed by atoms with E-state index in [0.29, 0.717) is 5.82 Å². The smallest absolute Gasteiger partial charge is 0.210 e. The van der Waals surface area contributed by atoms with Crippen LogP contribution in [0.25, 0.3) is 21.8 Å². The first-order chi connectivity index (χ1) is 8.70. The molecular formula is C10H6Cl2N6. The van der Waals surface area contributed by atoms with Crippen molar-refractivity contribution in [3.63, 3.8) is 0 Å². The number of halogens is 2. The number of aromatic nitrogens is 3. The predicted octanol–water partition coefficient (Wildman–Crippen LogP) is 3.96. The first-order valence-electron chi connectivity index (χ1n) is 4.85. The highest BCUT2D eigenvalue weighted by molar-refractivity contribution is 6.43. The fraction of sp³-hybridized carbons (Fsp3) is 0.100. The van der Waals surface area contributed by atoms with Gasteiger partial charge in [0.1, 0.15) is 0 Å². The molecule has 0 bridgehead atoms. The quantitative estimate of drug-likeness (QED) is 0.369. The first-order valence-corrected chi connectivity index (χ1v) is 5.72. The zero-order valence-corrected chi connectivity index (χ0v) is 10.4. The van der Waals surface area contributed by atoms with Crippen molar-refractivity contribution in [1.29, 1.82) is 0 Å². The van der Waals surface area contributed by atoms with Crippen molar-refractivity contribution in [1.82, 2.24) is 15.0 Å². The average Bonchev–Trinajstić information content (AvgIpc) is 2.40. The van der Waals surface area contributed by atoms with Gasteiger partial charge in [-0.3, -0.25) is 0 Å². The highest BCUT2D eigenvalue weighted by atomic mass is 35.5. The largest absolute Gasteiger partial charge is 0.220 e. The fourth-order valence-electron chi connectivity index (χ4n) is 1.28. The molecule has 0 aliphatic rings. The van der Waals surface area contributed by atoms with Gasteiger partial charge in [0.05, 0.1) is 0 Å². The van der Waals surface area contributed by atoms with E-state index >= 15 is 0 Å². The molecule has 0 N–H and O–H groups in total. The summed E-state index contributed by atoms with van der Waals surface area (Å²) in [5.41, 5.74) is 9.16. The second kappa shape index (κ2) is 5.64. The second-order valence-electron chi connectivity index (χ2n) is 3.17. The van der Waals surface area contributed by atoms with Crippen LogP contribution in [-0.4, -0.2) is 15.0 Å². The predicted molar refractivity (Wildman–Crippen MR) is 68.5 cm³/mol. The van der Waals surface area contributed by atoms with E-state index in [1.54, 1.807) is 0 Å². The van der Waals surface area contributed by atoms with Crippen molar-refractivity contribution in [2.45, 2.75) is 4.84 Å². The van der Waals surface area contributed by atoms with Crippen LogP contribution in [0, 0.1) is 0 Å². The van der Waals surface area contributed by atoms with Crippen molar-refractivity contribution in [2.24, 2.45) is 5.11 Å². The van der Waals surface area contributed by atoms with Crippen LogP contribution in [0.5, 0.6) is 0 Å². The molecule has 0 atom stereocenters. The Morgan fingerprint density at radius 1 is 1.11 bits per heavy atom. The van der Waals surface area contributed by atoms with Crippen LogP contribution < -0.4 is 0 Å². The zero-order chi connectivity index (χ0) is 13.0. The molecule has 0 aliphatic heterocycles. The molecule has 2 rings (SSSR count). The Hall–Kier alpha value is -1.88. The average molecular weight is 281 g/mol. The third-order valence-electron chi connectivity index (χ3n) is 2.00. The van der Waals surface area contributed by atoms with E-state index < -0.39 is 4.84 Å². The molecule has 0 aliphatic carbocycles. The van der Waals surface area contributed by atoms with E-state index in [4.69, 9.17) is 28.7 Å². The van der Waals surface area contributed by atoms with Crippen LogP contribution >= 0.6 is 23.2 Å². The van der Waals surface area contributed by atoms with Crippen LogP contribution in [0.1, 0.15) is 10.7 Å². The number of rotatable bonds is 3. The molecule has 6 nitrogen and oxygen atoms in total. The van der Waals surface area contributed by atoms with Gasteiger partial charge in [0, 0.05) is 10.5 Å². The number of nitrogens with zero attached hydrogens (tertiary/aromatic N) is 6. The lowest BCUT2D eigenvalue weighted by molar-refractivity contribution is 0.949. The van der Waals surface area contributed by atoms with Crippen LogP contribution in [0.2, 0.25) is 0 Å². The van der Waals surface area contributed by atoms with E-state index in [1.165, 1.54) is 0 Å². The van der Waals surface area contributed by atoms with Crippen LogP contribution in [0.4, 0.5) is 5.95 Å². The maximum atomic E-state index is 8.40. The van der Waals surface area contributed by atoms with Crippen LogP contribution in [0.15, 0.2) is 35.4 Å². The topological polar surface area (TPSA) is 87.4 Å². The summed E-state index contributed by atoms with van der Waals surface area (Å²) in [5, 5.41) is 3.34. The van der Waals surface area contributed by atoms with E-state index in [1.807, 2.05) is 30.3 Å². The Morgan fingerprint density at radius 2 is 1.83 bits per heavy atom. The SMILES string of the molecule is [N-]=[N+]=Nc1nc(-c2ccccc2)nc(C(Cl)Cl)n1. The van der Waals surface area contributed by atoms with Gasteiger partial charge < -0.3 is 0 Å². The number of benzene rings is 1. The summed E-state index contributed by atoms with van der Waals surface area (Å²) in [7, 11) is 0. The molecule has 0 saturated heterocycles. The first kappa shape index (κ1) is 12.6. The van der Waals surface area contributed by atoms with Gasteiger partial charge in [-0.25, -0.2) is 15.0 Å². The molecule has 0 spiro atoms. The van der Waals surface area contributed by atoms with Gasteiger partial charge in [0.2, 0.25) is 5.95 Å². The van der Waals surface area contributed by atoms with Crippen molar-refractivity contribution >= 4 is 29.2 Å². The molecule has 0 amide bonds. The monoisotopic (exact) mass is 280 g/mol. The van der Waals surface area contributed by atoms with Gasteiger partial charge in [0.15, 0.2) is 16.5 Å². The fourth-order valence-corrected chi connectivity index (χ4v) is 1.47. The molecule has 0 unspecified atom stereocenters.